The van der Waals surface area contributed by atoms with Crippen LogP contribution >= 0.6 is 12.2 Å². The molecule has 8 heteroatoms. The molecule has 39 heavy (non-hydrogen) atoms. The molecule has 1 saturated heterocycles. The summed E-state index contributed by atoms with van der Waals surface area (Å²) >= 11 is 5.66. The van der Waals surface area contributed by atoms with Gasteiger partial charge in [-0.15, -0.1) is 0 Å². The molecule has 1 aliphatic carbocycles. The van der Waals surface area contributed by atoms with Gasteiger partial charge in [-0.25, -0.2) is 9.69 Å². The van der Waals surface area contributed by atoms with Crippen LogP contribution in [-0.2, 0) is 37.1 Å². The van der Waals surface area contributed by atoms with E-state index in [0.717, 1.165) is 29.5 Å². The van der Waals surface area contributed by atoms with Crippen LogP contribution in [0.1, 0.15) is 87.5 Å². The third kappa shape index (κ3) is 4.99. The molecule has 0 bridgehead atoms. The molecule has 1 aliphatic heterocycles. The lowest BCUT2D eigenvalue weighted by molar-refractivity contribution is -0.151. The average Bonchev–Trinajstić information content (AvgIpc) is 3.34. The first-order chi connectivity index (χ1) is 18.2. The van der Waals surface area contributed by atoms with Crippen LogP contribution < -0.4 is 9.47 Å². The first kappa shape index (κ1) is 28.9. The van der Waals surface area contributed by atoms with Crippen LogP contribution in [0.2, 0.25) is 0 Å². The molecule has 0 aromatic heterocycles. The summed E-state index contributed by atoms with van der Waals surface area (Å²) in [7, 11) is 3.02. The summed E-state index contributed by atoms with van der Waals surface area (Å²) in [5, 5.41) is -0.0745. The van der Waals surface area contributed by atoms with Crippen molar-refractivity contribution in [2.24, 2.45) is 0 Å². The van der Waals surface area contributed by atoms with Crippen molar-refractivity contribution >= 4 is 29.3 Å². The van der Waals surface area contributed by atoms with Crippen molar-refractivity contribution in [3.05, 3.63) is 58.1 Å². The van der Waals surface area contributed by atoms with E-state index < -0.39 is 23.5 Å². The molecule has 0 N–H and O–H groups in total. The number of hydrogen-bond donors (Lipinski definition) is 0. The minimum Gasteiger partial charge on any atom is -0.497 e. The number of carbonyl (C=O) groups excluding carboxylic acids is 2. The largest absolute Gasteiger partial charge is 0.497 e. The Labute approximate surface area is 236 Å². The third-order valence-corrected chi connectivity index (χ3v) is 8.26. The predicted molar refractivity (Wildman–Crippen MR) is 154 cm³/mol. The Morgan fingerprint density at radius 3 is 2.15 bits per heavy atom. The Balaban J connectivity index is 1.92. The topological polar surface area (TPSA) is 74.3 Å². The molecule has 4 rings (SSSR count). The van der Waals surface area contributed by atoms with Crippen LogP contribution in [0.15, 0.2) is 30.3 Å². The second-order valence-electron chi connectivity index (χ2n) is 12.1. The SMILES string of the molecule is CCOC(=O)C1N(C(=O)c2cc(OC)cc(OC)c2)C(=S)OC1(C)c1cc(C(C)(C)C)cc2c1CCC2(C)C. The number of esters is 1. The highest BCUT2D eigenvalue weighted by Crippen LogP contribution is 2.49. The Kier molecular flexibility index (Phi) is 7.49. The lowest BCUT2D eigenvalue weighted by Crippen LogP contribution is -2.51. The van der Waals surface area contributed by atoms with Gasteiger partial charge in [-0.3, -0.25) is 4.79 Å². The van der Waals surface area contributed by atoms with Gasteiger partial charge < -0.3 is 18.9 Å². The number of fused-ring (bicyclic) bond motifs is 1. The summed E-state index contributed by atoms with van der Waals surface area (Å²) in [4.78, 5) is 29.0. The summed E-state index contributed by atoms with van der Waals surface area (Å²) < 4.78 is 22.7. The zero-order chi connectivity index (χ0) is 28.9. The number of benzene rings is 2. The lowest BCUT2D eigenvalue weighted by atomic mass is 9.76. The Bertz CT molecular complexity index is 1300. The summed E-state index contributed by atoms with van der Waals surface area (Å²) in [6.07, 6.45) is 1.81. The van der Waals surface area contributed by atoms with E-state index in [9.17, 15) is 9.59 Å². The molecule has 1 amide bonds. The van der Waals surface area contributed by atoms with Crippen molar-refractivity contribution in [3.63, 3.8) is 0 Å². The molecule has 2 atom stereocenters. The van der Waals surface area contributed by atoms with E-state index in [2.05, 4.69) is 46.8 Å². The number of hydrogen-bond acceptors (Lipinski definition) is 7. The van der Waals surface area contributed by atoms with Gasteiger partial charge in [-0.2, -0.15) is 0 Å². The van der Waals surface area contributed by atoms with E-state index in [1.54, 1.807) is 25.1 Å². The molecule has 7 nitrogen and oxygen atoms in total. The second kappa shape index (κ2) is 10.1. The Morgan fingerprint density at radius 1 is 1.03 bits per heavy atom. The van der Waals surface area contributed by atoms with Crippen LogP contribution in [0.4, 0.5) is 0 Å². The van der Waals surface area contributed by atoms with Crippen molar-refractivity contribution in [2.45, 2.75) is 83.8 Å². The van der Waals surface area contributed by atoms with Crippen molar-refractivity contribution < 1.29 is 28.5 Å². The smallest absolute Gasteiger partial charge is 0.333 e. The molecule has 0 saturated carbocycles. The molecule has 0 spiro atoms. The van der Waals surface area contributed by atoms with Crippen molar-refractivity contribution in [1.29, 1.82) is 0 Å². The maximum absolute atomic E-state index is 14.0. The molecule has 2 aromatic rings. The minimum atomic E-state index is -1.26. The number of nitrogens with zero attached hydrogens (tertiary/aromatic N) is 1. The monoisotopic (exact) mass is 553 g/mol. The highest BCUT2D eigenvalue weighted by molar-refractivity contribution is 7.80. The number of carbonyl (C=O) groups is 2. The second-order valence-corrected chi connectivity index (χ2v) is 12.4. The van der Waals surface area contributed by atoms with Gasteiger partial charge in [0.25, 0.3) is 11.1 Å². The molecule has 210 valence electrons. The fourth-order valence-electron chi connectivity index (χ4n) is 5.66. The van der Waals surface area contributed by atoms with E-state index in [0.29, 0.717) is 11.5 Å². The molecular weight excluding hydrogens is 514 g/mol. The summed E-state index contributed by atoms with van der Waals surface area (Å²) in [5.74, 6) is -0.188. The predicted octanol–water partition coefficient (Wildman–Crippen LogP) is 5.83. The molecule has 2 unspecified atom stereocenters. The third-order valence-electron chi connectivity index (χ3n) is 7.98. The van der Waals surface area contributed by atoms with Gasteiger partial charge in [0, 0.05) is 17.2 Å². The zero-order valence-electron chi connectivity index (χ0n) is 24.4. The quantitative estimate of drug-likeness (QED) is 0.329. The van der Waals surface area contributed by atoms with Crippen LogP contribution in [0, 0.1) is 0 Å². The van der Waals surface area contributed by atoms with Crippen LogP contribution in [0.3, 0.4) is 0 Å². The van der Waals surface area contributed by atoms with Crippen molar-refractivity contribution in [1.82, 2.24) is 4.90 Å². The summed E-state index contributed by atoms with van der Waals surface area (Å²) in [6.45, 7) is 14.7. The van der Waals surface area contributed by atoms with Gasteiger partial charge in [0.05, 0.1) is 20.8 Å². The van der Waals surface area contributed by atoms with Crippen molar-refractivity contribution in [2.75, 3.05) is 20.8 Å². The molecule has 2 aliphatic rings. The van der Waals surface area contributed by atoms with Gasteiger partial charge >= 0.3 is 5.97 Å². The van der Waals surface area contributed by atoms with Crippen LogP contribution in [-0.4, -0.2) is 48.8 Å². The van der Waals surface area contributed by atoms with Gasteiger partial charge in [0.2, 0.25) is 0 Å². The highest BCUT2D eigenvalue weighted by atomic mass is 32.1. The average molecular weight is 554 g/mol. The summed E-state index contributed by atoms with van der Waals surface area (Å²) in [5.41, 5.74) is 3.20. The first-order valence-electron chi connectivity index (χ1n) is 13.3. The number of amides is 1. The van der Waals surface area contributed by atoms with E-state index in [-0.39, 0.29) is 28.2 Å². The van der Waals surface area contributed by atoms with E-state index in [1.165, 1.54) is 24.7 Å². The molecular formula is C31H39NO6S. The van der Waals surface area contributed by atoms with Gasteiger partial charge in [0.15, 0.2) is 11.6 Å². The normalized spacial score (nSPS) is 21.8. The molecule has 0 radical (unpaired) electrons. The fourth-order valence-corrected chi connectivity index (χ4v) is 6.02. The lowest BCUT2D eigenvalue weighted by Gasteiger charge is -2.34. The standard InChI is InChI=1S/C31H39NO6S/c1-10-37-27(34)25-31(7,24-16-19(29(2,3)4)15-23-22(24)11-12-30(23,5)6)38-28(39)32(25)26(33)18-13-20(35-8)17-21(14-18)36-9/h13-17,25H,10-12H2,1-9H3. The number of thiocarbonyl (C=S) groups is 1. The number of ether oxygens (including phenoxy) is 4. The number of methoxy groups -OCH3 is 2. The molecule has 1 fully saturated rings. The van der Waals surface area contributed by atoms with E-state index in [4.69, 9.17) is 31.2 Å². The Hall–Kier alpha value is -3.13. The first-order valence-corrected chi connectivity index (χ1v) is 13.7. The van der Waals surface area contributed by atoms with Crippen molar-refractivity contribution in [3.8, 4) is 11.5 Å². The van der Waals surface area contributed by atoms with E-state index in [1.807, 2.05) is 6.92 Å². The summed E-state index contributed by atoms with van der Waals surface area (Å²) in [6, 6.07) is 8.13. The highest BCUT2D eigenvalue weighted by Gasteiger charge is 2.58. The van der Waals surface area contributed by atoms with Gasteiger partial charge in [-0.05, 0) is 78.6 Å². The fraction of sp³-hybridized carbons (Fsp3) is 0.516. The Morgan fingerprint density at radius 2 is 1.62 bits per heavy atom. The minimum absolute atomic E-state index is 0.0348. The van der Waals surface area contributed by atoms with Gasteiger partial charge in [-0.1, -0.05) is 46.8 Å². The maximum atomic E-state index is 14.0. The molecule has 2 aromatic carbocycles. The van der Waals surface area contributed by atoms with E-state index >= 15 is 0 Å². The van der Waals surface area contributed by atoms with Crippen LogP contribution in [0.25, 0.3) is 0 Å². The zero-order valence-corrected chi connectivity index (χ0v) is 25.2. The van der Waals surface area contributed by atoms with Crippen LogP contribution in [0.5, 0.6) is 11.5 Å². The van der Waals surface area contributed by atoms with Gasteiger partial charge in [0.1, 0.15) is 11.5 Å². The molecule has 1 heterocycles. The maximum Gasteiger partial charge on any atom is 0.333 e. The number of rotatable bonds is 6.